The van der Waals surface area contributed by atoms with Crippen LogP contribution in [-0.2, 0) is 14.9 Å². The fourth-order valence-corrected chi connectivity index (χ4v) is 2.19. The lowest BCUT2D eigenvalue weighted by atomic mass is 10.2. The molecule has 0 radical (unpaired) electrons. The zero-order valence-electron chi connectivity index (χ0n) is 10.8. The van der Waals surface area contributed by atoms with Crippen LogP contribution in [0, 0.1) is 17.7 Å². The number of aliphatic hydroxyl groups excluding tert-OH is 1. The molecule has 1 aromatic carbocycles. The van der Waals surface area contributed by atoms with Crippen LogP contribution in [0.2, 0.25) is 0 Å². The van der Waals surface area contributed by atoms with Crippen molar-refractivity contribution in [3.63, 3.8) is 0 Å². The van der Waals surface area contributed by atoms with Crippen LogP contribution in [-0.4, -0.2) is 40.4 Å². The maximum Gasteiger partial charge on any atom is 0.299 e. The van der Waals surface area contributed by atoms with Crippen LogP contribution in [0.4, 0.5) is 10.1 Å². The van der Waals surface area contributed by atoms with Crippen molar-refractivity contribution in [2.75, 3.05) is 31.6 Å². The van der Waals surface area contributed by atoms with Crippen molar-refractivity contribution in [3.8, 4) is 11.8 Å². The molecule has 0 bridgehead atoms. The minimum absolute atomic E-state index is 0.102. The SMILES string of the molecule is COCCNS(=O)(=O)Nc1ccc(F)cc1C#CCO. The number of aliphatic hydroxyl groups is 1. The standard InChI is InChI=1S/C12H15FN2O4S/c1-19-8-6-14-20(17,18)15-12-5-4-11(13)9-10(12)3-2-7-16/h4-5,9,14-16H,6-8H2,1H3. The van der Waals surface area contributed by atoms with Crippen molar-refractivity contribution in [1.82, 2.24) is 4.72 Å². The highest BCUT2D eigenvalue weighted by Gasteiger charge is 2.11. The van der Waals surface area contributed by atoms with Crippen LogP contribution >= 0.6 is 0 Å². The van der Waals surface area contributed by atoms with Gasteiger partial charge in [-0.15, -0.1) is 0 Å². The lowest BCUT2D eigenvalue weighted by molar-refractivity contribution is 0.204. The second-order valence-electron chi connectivity index (χ2n) is 3.64. The number of hydrogen-bond donors (Lipinski definition) is 3. The summed E-state index contributed by atoms with van der Waals surface area (Å²) in [6.07, 6.45) is 0. The highest BCUT2D eigenvalue weighted by Crippen LogP contribution is 2.17. The second kappa shape index (κ2) is 7.81. The molecule has 20 heavy (non-hydrogen) atoms. The summed E-state index contributed by atoms with van der Waals surface area (Å²) in [6, 6.07) is 3.44. The summed E-state index contributed by atoms with van der Waals surface area (Å²) in [6.45, 7) is -0.0824. The first kappa shape index (κ1) is 16.4. The quantitative estimate of drug-likeness (QED) is 0.512. The topological polar surface area (TPSA) is 87.7 Å². The van der Waals surface area contributed by atoms with E-state index in [0.717, 1.165) is 12.1 Å². The molecule has 3 N–H and O–H groups in total. The first-order valence-electron chi connectivity index (χ1n) is 5.64. The van der Waals surface area contributed by atoms with Gasteiger partial charge in [-0.05, 0) is 18.2 Å². The lowest BCUT2D eigenvalue weighted by Crippen LogP contribution is -2.32. The number of methoxy groups -OCH3 is 1. The molecule has 0 saturated carbocycles. The maximum absolute atomic E-state index is 13.1. The predicted molar refractivity (Wildman–Crippen MR) is 72.8 cm³/mol. The van der Waals surface area contributed by atoms with Gasteiger partial charge in [0.15, 0.2) is 0 Å². The van der Waals surface area contributed by atoms with E-state index >= 15 is 0 Å². The molecular formula is C12H15FN2O4S. The third-order valence-electron chi connectivity index (χ3n) is 2.13. The highest BCUT2D eigenvalue weighted by molar-refractivity contribution is 7.90. The molecule has 0 saturated heterocycles. The molecule has 1 rings (SSSR count). The lowest BCUT2D eigenvalue weighted by Gasteiger charge is -2.10. The maximum atomic E-state index is 13.1. The number of halogens is 1. The van der Waals surface area contributed by atoms with Gasteiger partial charge in [-0.1, -0.05) is 11.8 Å². The van der Waals surface area contributed by atoms with E-state index in [-0.39, 0.29) is 24.4 Å². The average Bonchev–Trinajstić information content (AvgIpc) is 2.39. The molecule has 0 spiro atoms. The molecule has 0 aromatic heterocycles. The minimum atomic E-state index is -3.80. The zero-order valence-corrected chi connectivity index (χ0v) is 11.6. The summed E-state index contributed by atoms with van der Waals surface area (Å²) in [7, 11) is -2.35. The van der Waals surface area contributed by atoms with Crippen molar-refractivity contribution in [1.29, 1.82) is 0 Å². The van der Waals surface area contributed by atoms with Gasteiger partial charge >= 0.3 is 0 Å². The summed E-state index contributed by atoms with van der Waals surface area (Å²) >= 11 is 0. The Balaban J connectivity index is 2.91. The smallest absolute Gasteiger partial charge is 0.299 e. The molecule has 6 nitrogen and oxygen atoms in total. The van der Waals surface area contributed by atoms with Crippen molar-refractivity contribution < 1.29 is 22.7 Å². The number of nitrogens with one attached hydrogen (secondary N) is 2. The number of hydrogen-bond acceptors (Lipinski definition) is 4. The zero-order chi connectivity index (χ0) is 15.0. The molecule has 0 fully saturated rings. The molecule has 0 aliphatic carbocycles. The summed E-state index contributed by atoms with van der Waals surface area (Å²) in [5.41, 5.74) is 0.258. The van der Waals surface area contributed by atoms with Crippen LogP contribution in [0.1, 0.15) is 5.56 Å². The Morgan fingerprint density at radius 2 is 2.20 bits per heavy atom. The number of anilines is 1. The van der Waals surface area contributed by atoms with Gasteiger partial charge < -0.3 is 9.84 Å². The van der Waals surface area contributed by atoms with Gasteiger partial charge in [0, 0.05) is 13.7 Å². The summed E-state index contributed by atoms with van der Waals surface area (Å²) < 4.78 is 45.8. The van der Waals surface area contributed by atoms with Gasteiger partial charge in [-0.3, -0.25) is 4.72 Å². The molecule has 1 aromatic rings. The van der Waals surface area contributed by atoms with E-state index in [1.54, 1.807) is 0 Å². The molecule has 0 heterocycles. The Bertz CT molecular complexity index is 608. The number of rotatable bonds is 6. The molecule has 0 aliphatic rings. The minimum Gasteiger partial charge on any atom is -0.384 e. The van der Waals surface area contributed by atoms with E-state index in [1.807, 2.05) is 0 Å². The van der Waals surface area contributed by atoms with E-state index in [2.05, 4.69) is 21.3 Å². The number of benzene rings is 1. The monoisotopic (exact) mass is 302 g/mol. The third-order valence-corrected chi connectivity index (χ3v) is 3.20. The number of ether oxygens (including phenoxy) is 1. The fourth-order valence-electron chi connectivity index (χ4n) is 1.30. The van der Waals surface area contributed by atoms with Crippen molar-refractivity contribution in [3.05, 3.63) is 29.6 Å². The normalized spacial score (nSPS) is 10.8. The summed E-state index contributed by atoms with van der Waals surface area (Å²) in [4.78, 5) is 0. The first-order valence-corrected chi connectivity index (χ1v) is 7.12. The molecule has 8 heteroatoms. The summed E-state index contributed by atoms with van der Waals surface area (Å²) in [5, 5.41) is 8.63. The largest absolute Gasteiger partial charge is 0.384 e. The molecule has 0 unspecified atom stereocenters. The van der Waals surface area contributed by atoms with Gasteiger partial charge in [0.2, 0.25) is 0 Å². The van der Waals surface area contributed by atoms with Crippen LogP contribution in [0.25, 0.3) is 0 Å². The van der Waals surface area contributed by atoms with E-state index in [4.69, 9.17) is 9.84 Å². The van der Waals surface area contributed by atoms with Crippen LogP contribution in [0.3, 0.4) is 0 Å². The molecule has 110 valence electrons. The van der Waals surface area contributed by atoms with Gasteiger partial charge in [0.25, 0.3) is 10.2 Å². The van der Waals surface area contributed by atoms with Crippen molar-refractivity contribution >= 4 is 15.9 Å². The Kier molecular flexibility index (Phi) is 6.41. The van der Waals surface area contributed by atoms with Gasteiger partial charge in [-0.2, -0.15) is 13.1 Å². The Labute approximate surface area is 117 Å². The highest BCUT2D eigenvalue weighted by atomic mass is 32.2. The van der Waals surface area contributed by atoms with E-state index in [1.165, 1.54) is 13.2 Å². The van der Waals surface area contributed by atoms with Crippen molar-refractivity contribution in [2.45, 2.75) is 0 Å². The summed E-state index contributed by atoms with van der Waals surface area (Å²) in [5.74, 6) is 4.25. The average molecular weight is 302 g/mol. The second-order valence-corrected chi connectivity index (χ2v) is 5.14. The van der Waals surface area contributed by atoms with Gasteiger partial charge in [0.1, 0.15) is 12.4 Å². The molecule has 0 atom stereocenters. The fraction of sp³-hybridized carbons (Fsp3) is 0.333. The van der Waals surface area contributed by atoms with Gasteiger partial charge in [-0.25, -0.2) is 4.39 Å². The third kappa shape index (κ3) is 5.54. The van der Waals surface area contributed by atoms with Gasteiger partial charge in [0.05, 0.1) is 17.9 Å². The Morgan fingerprint density at radius 1 is 1.45 bits per heavy atom. The molecular weight excluding hydrogens is 287 g/mol. The first-order chi connectivity index (χ1) is 9.48. The van der Waals surface area contributed by atoms with Crippen molar-refractivity contribution in [2.24, 2.45) is 0 Å². The van der Waals surface area contributed by atoms with E-state index < -0.39 is 22.6 Å². The predicted octanol–water partition coefficient (Wildman–Crippen LogP) is 0.0622. The van der Waals surface area contributed by atoms with Crippen LogP contribution < -0.4 is 9.44 Å². The van der Waals surface area contributed by atoms with E-state index in [0.29, 0.717) is 0 Å². The molecule has 0 aliphatic heterocycles. The molecule has 0 amide bonds. The van der Waals surface area contributed by atoms with Crippen LogP contribution in [0.15, 0.2) is 18.2 Å². The van der Waals surface area contributed by atoms with E-state index in [9.17, 15) is 12.8 Å². The Morgan fingerprint density at radius 3 is 2.85 bits per heavy atom. The Hall–Kier alpha value is -1.66. The van der Waals surface area contributed by atoms with Crippen LogP contribution in [0.5, 0.6) is 0 Å².